The zero-order chi connectivity index (χ0) is 25.2. The first-order valence-electron chi connectivity index (χ1n) is 11.7. The molecule has 1 aromatic heterocycles. The number of ether oxygens (including phenoxy) is 3. The minimum atomic E-state index is -0.319. The Balaban J connectivity index is 1.44. The number of amides is 2. The largest absolute Gasteiger partial charge is 0.489 e. The van der Waals surface area contributed by atoms with Crippen molar-refractivity contribution in [2.45, 2.75) is 18.9 Å². The van der Waals surface area contributed by atoms with Crippen LogP contribution in [-0.2, 0) is 9.47 Å². The highest BCUT2D eigenvalue weighted by atomic mass is 16.5. The van der Waals surface area contributed by atoms with E-state index in [1.807, 2.05) is 24.3 Å². The second-order valence-electron chi connectivity index (χ2n) is 8.10. The number of hydrogen-bond acceptors (Lipinski definition) is 8. The summed E-state index contributed by atoms with van der Waals surface area (Å²) in [5, 5.41) is 18.3. The first-order chi connectivity index (χ1) is 17.6. The summed E-state index contributed by atoms with van der Waals surface area (Å²) in [6, 6.07) is 16.4. The van der Waals surface area contributed by atoms with Crippen LogP contribution in [-0.4, -0.2) is 55.6 Å². The van der Waals surface area contributed by atoms with Gasteiger partial charge in [0.05, 0.1) is 31.1 Å². The van der Waals surface area contributed by atoms with Gasteiger partial charge in [-0.3, -0.25) is 0 Å². The van der Waals surface area contributed by atoms with E-state index in [0.29, 0.717) is 60.7 Å². The Hall–Kier alpha value is -4.20. The molecule has 36 heavy (non-hydrogen) atoms. The van der Waals surface area contributed by atoms with Crippen LogP contribution in [0.15, 0.2) is 54.7 Å². The lowest BCUT2D eigenvalue weighted by atomic mass is 10.1. The molecule has 1 saturated heterocycles. The maximum Gasteiger partial charge on any atom is 0.319 e. The molecule has 2 amide bonds. The normalized spacial score (nSPS) is 13.4. The van der Waals surface area contributed by atoms with E-state index in [4.69, 9.17) is 14.2 Å². The van der Waals surface area contributed by atoms with E-state index in [1.165, 1.54) is 0 Å². The van der Waals surface area contributed by atoms with Crippen LogP contribution in [0.3, 0.4) is 0 Å². The van der Waals surface area contributed by atoms with Crippen LogP contribution in [0.4, 0.5) is 22.1 Å². The summed E-state index contributed by atoms with van der Waals surface area (Å²) < 4.78 is 16.4. The third kappa shape index (κ3) is 6.91. The molecule has 3 N–H and O–H groups in total. The molecule has 3 aromatic rings. The second kappa shape index (κ2) is 12.5. The van der Waals surface area contributed by atoms with E-state index in [-0.39, 0.29) is 12.1 Å². The maximum atomic E-state index is 12.0. The van der Waals surface area contributed by atoms with E-state index >= 15 is 0 Å². The molecule has 1 fully saturated rings. The number of anilines is 3. The van der Waals surface area contributed by atoms with E-state index in [1.54, 1.807) is 37.6 Å². The average Bonchev–Trinajstić information content (AvgIpc) is 2.90. The highest BCUT2D eigenvalue weighted by Gasteiger charge is 2.17. The number of nitriles is 1. The Labute approximate surface area is 209 Å². The molecule has 1 aliphatic rings. The number of carbonyl (C=O) groups excluding carboxylic acids is 1. The smallest absolute Gasteiger partial charge is 0.319 e. The SMILES string of the molecule is COCCNC(=O)Nc1cccc(Nc2nccc(-c3ccc(OC4CCOCC4)c(C#N)c3)n2)c1. The fourth-order valence-corrected chi connectivity index (χ4v) is 3.68. The van der Waals surface area contributed by atoms with Crippen LogP contribution in [0.5, 0.6) is 5.75 Å². The Bertz CT molecular complexity index is 1220. The summed E-state index contributed by atoms with van der Waals surface area (Å²) >= 11 is 0. The fraction of sp³-hybridized carbons (Fsp3) is 0.308. The highest BCUT2D eigenvalue weighted by Crippen LogP contribution is 2.28. The Morgan fingerprint density at radius 1 is 1.17 bits per heavy atom. The summed E-state index contributed by atoms with van der Waals surface area (Å²) in [6.07, 6.45) is 3.31. The number of rotatable bonds is 9. The lowest BCUT2D eigenvalue weighted by molar-refractivity contribution is 0.0254. The third-order valence-electron chi connectivity index (χ3n) is 5.48. The minimum absolute atomic E-state index is 0.0493. The average molecular weight is 489 g/mol. The molecular weight excluding hydrogens is 460 g/mol. The summed E-state index contributed by atoms with van der Waals surface area (Å²) in [7, 11) is 1.58. The van der Waals surface area contributed by atoms with Gasteiger partial charge in [-0.25, -0.2) is 14.8 Å². The number of carbonyl (C=O) groups is 1. The van der Waals surface area contributed by atoms with E-state index in [0.717, 1.165) is 18.4 Å². The number of methoxy groups -OCH3 is 1. The van der Waals surface area contributed by atoms with Gasteiger partial charge in [-0.1, -0.05) is 6.07 Å². The Morgan fingerprint density at radius 3 is 2.81 bits per heavy atom. The topological polar surface area (TPSA) is 130 Å². The van der Waals surface area contributed by atoms with Crippen molar-refractivity contribution in [1.82, 2.24) is 15.3 Å². The molecule has 1 aliphatic heterocycles. The van der Waals surface area contributed by atoms with Crippen LogP contribution in [0.2, 0.25) is 0 Å². The highest BCUT2D eigenvalue weighted by molar-refractivity contribution is 5.89. The van der Waals surface area contributed by atoms with Gasteiger partial charge in [0.2, 0.25) is 5.95 Å². The Morgan fingerprint density at radius 2 is 2.00 bits per heavy atom. The van der Waals surface area contributed by atoms with Crippen LogP contribution < -0.4 is 20.7 Å². The zero-order valence-corrected chi connectivity index (χ0v) is 20.0. The third-order valence-corrected chi connectivity index (χ3v) is 5.48. The van der Waals surface area contributed by atoms with Crippen molar-refractivity contribution in [2.24, 2.45) is 0 Å². The number of hydrogen-bond donors (Lipinski definition) is 3. The lowest BCUT2D eigenvalue weighted by Gasteiger charge is -2.23. The lowest BCUT2D eigenvalue weighted by Crippen LogP contribution is -2.31. The molecule has 0 aliphatic carbocycles. The second-order valence-corrected chi connectivity index (χ2v) is 8.10. The molecule has 0 atom stereocenters. The van der Waals surface area contributed by atoms with Gasteiger partial charge >= 0.3 is 6.03 Å². The van der Waals surface area contributed by atoms with Crippen molar-refractivity contribution in [3.8, 4) is 23.1 Å². The van der Waals surface area contributed by atoms with Crippen LogP contribution in [0.25, 0.3) is 11.3 Å². The van der Waals surface area contributed by atoms with Crippen molar-refractivity contribution in [3.63, 3.8) is 0 Å². The van der Waals surface area contributed by atoms with Crippen LogP contribution in [0.1, 0.15) is 18.4 Å². The molecule has 10 nitrogen and oxygen atoms in total. The zero-order valence-electron chi connectivity index (χ0n) is 20.0. The van der Waals surface area contributed by atoms with Gasteiger partial charge in [0, 0.05) is 49.6 Å². The van der Waals surface area contributed by atoms with Crippen molar-refractivity contribution in [2.75, 3.05) is 44.1 Å². The van der Waals surface area contributed by atoms with Crippen molar-refractivity contribution in [1.29, 1.82) is 5.26 Å². The molecule has 0 spiro atoms. The molecule has 4 rings (SSSR count). The van der Waals surface area contributed by atoms with Gasteiger partial charge in [0.25, 0.3) is 0 Å². The molecule has 2 aromatic carbocycles. The predicted octanol–water partition coefficient (Wildman–Crippen LogP) is 4.08. The molecule has 186 valence electrons. The molecule has 0 bridgehead atoms. The maximum absolute atomic E-state index is 12.0. The molecule has 2 heterocycles. The monoisotopic (exact) mass is 488 g/mol. The fourth-order valence-electron chi connectivity index (χ4n) is 3.68. The van der Waals surface area contributed by atoms with Crippen molar-refractivity contribution >= 4 is 23.4 Å². The first kappa shape index (κ1) is 24.9. The molecular formula is C26H28N6O4. The molecule has 0 unspecified atom stereocenters. The Kier molecular flexibility index (Phi) is 8.64. The first-order valence-corrected chi connectivity index (χ1v) is 11.7. The van der Waals surface area contributed by atoms with Gasteiger partial charge < -0.3 is 30.2 Å². The molecule has 0 radical (unpaired) electrons. The molecule has 10 heteroatoms. The van der Waals surface area contributed by atoms with Crippen LogP contribution in [0, 0.1) is 11.3 Å². The van der Waals surface area contributed by atoms with Crippen LogP contribution >= 0.6 is 0 Å². The standard InChI is InChI=1S/C26H28N6O4/c1-34-14-11-29-26(33)31-21-4-2-3-20(16-21)30-25-28-10-7-23(32-25)18-5-6-24(19(15-18)17-27)36-22-8-12-35-13-9-22/h2-7,10,15-16,22H,8-9,11-14H2,1H3,(H,28,30,32)(H2,29,31,33). The van der Waals surface area contributed by atoms with Gasteiger partial charge in [-0.2, -0.15) is 5.26 Å². The summed E-state index contributed by atoms with van der Waals surface area (Å²) in [6.45, 7) is 2.19. The summed E-state index contributed by atoms with van der Waals surface area (Å²) in [5.41, 5.74) is 3.21. The summed E-state index contributed by atoms with van der Waals surface area (Å²) in [5.74, 6) is 0.950. The number of urea groups is 1. The number of nitrogens with one attached hydrogen (secondary N) is 3. The van der Waals surface area contributed by atoms with E-state index < -0.39 is 0 Å². The minimum Gasteiger partial charge on any atom is -0.489 e. The van der Waals surface area contributed by atoms with Crippen molar-refractivity contribution < 1.29 is 19.0 Å². The van der Waals surface area contributed by atoms with Gasteiger partial charge in [-0.05, 0) is 42.5 Å². The number of benzene rings is 2. The van der Waals surface area contributed by atoms with Gasteiger partial charge in [-0.15, -0.1) is 0 Å². The summed E-state index contributed by atoms with van der Waals surface area (Å²) in [4.78, 5) is 20.9. The van der Waals surface area contributed by atoms with Gasteiger partial charge in [0.15, 0.2) is 0 Å². The van der Waals surface area contributed by atoms with Crippen molar-refractivity contribution in [3.05, 3.63) is 60.3 Å². The quantitative estimate of drug-likeness (QED) is 0.384. The number of aromatic nitrogens is 2. The number of nitrogens with zero attached hydrogens (tertiary/aromatic N) is 3. The predicted molar refractivity (Wildman–Crippen MR) is 135 cm³/mol. The van der Waals surface area contributed by atoms with Gasteiger partial charge in [0.1, 0.15) is 17.9 Å². The molecule has 0 saturated carbocycles. The van der Waals surface area contributed by atoms with E-state index in [2.05, 4.69) is 32.0 Å². The van der Waals surface area contributed by atoms with E-state index in [9.17, 15) is 10.1 Å².